The molecule has 1 aliphatic rings. The van der Waals surface area contributed by atoms with Crippen molar-refractivity contribution >= 4 is 55.3 Å². The van der Waals surface area contributed by atoms with Crippen molar-refractivity contribution in [3.8, 4) is 0 Å². The summed E-state index contributed by atoms with van der Waals surface area (Å²) in [5, 5.41) is 7.90. The summed E-state index contributed by atoms with van der Waals surface area (Å²) in [4.78, 5) is 43.7. The van der Waals surface area contributed by atoms with Gasteiger partial charge in [-0.2, -0.15) is 0 Å². The normalized spacial score (nSPS) is 18.4. The van der Waals surface area contributed by atoms with Crippen molar-refractivity contribution in [1.29, 1.82) is 0 Å². The van der Waals surface area contributed by atoms with Crippen LogP contribution in [0.25, 0.3) is 21.0 Å². The van der Waals surface area contributed by atoms with Gasteiger partial charge in [0, 0.05) is 0 Å². The zero-order valence-corrected chi connectivity index (χ0v) is 18.3. The van der Waals surface area contributed by atoms with Crippen LogP contribution in [-0.2, 0) is 15.1 Å². The maximum absolute atomic E-state index is 13.2. The maximum Gasteiger partial charge on any atom is 0.325 e. The van der Waals surface area contributed by atoms with E-state index in [2.05, 4.69) is 15.6 Å². The van der Waals surface area contributed by atoms with Crippen LogP contribution in [0.2, 0.25) is 0 Å². The average molecular weight is 445 g/mol. The molecule has 2 heterocycles. The number of aromatic nitrogens is 1. The standard InChI is InChI=1S/C24H20N4O3S/c1-14-7-10-18-19(11-14)32-22(25-18)26-20(29)13-28-21(30)24(2,27-23(28)31)17-9-8-15-5-3-4-6-16(15)12-17/h3-12H,13H2,1-2H3,(H,27,31)(H,25,26,29). The number of hydrogen-bond donors (Lipinski definition) is 2. The number of aryl methyl sites for hydroxylation is 1. The Morgan fingerprint density at radius 3 is 2.69 bits per heavy atom. The molecule has 4 amide bonds. The largest absolute Gasteiger partial charge is 0.325 e. The zero-order valence-electron chi connectivity index (χ0n) is 17.5. The molecule has 1 saturated heterocycles. The lowest BCUT2D eigenvalue weighted by atomic mass is 9.90. The monoisotopic (exact) mass is 444 g/mol. The average Bonchev–Trinajstić information content (AvgIpc) is 3.26. The predicted octanol–water partition coefficient (Wildman–Crippen LogP) is 4.16. The van der Waals surface area contributed by atoms with E-state index in [4.69, 9.17) is 0 Å². The quantitative estimate of drug-likeness (QED) is 0.462. The van der Waals surface area contributed by atoms with Gasteiger partial charge >= 0.3 is 6.03 Å². The Morgan fingerprint density at radius 1 is 1.09 bits per heavy atom. The number of amides is 4. The van der Waals surface area contributed by atoms with E-state index in [1.165, 1.54) is 11.3 Å². The number of thiazole rings is 1. The van der Waals surface area contributed by atoms with Gasteiger partial charge in [-0.15, -0.1) is 0 Å². The van der Waals surface area contributed by atoms with Gasteiger partial charge in [0.05, 0.1) is 10.2 Å². The van der Waals surface area contributed by atoms with Gasteiger partial charge in [-0.3, -0.25) is 14.5 Å². The number of nitrogens with one attached hydrogen (secondary N) is 2. The Labute approximate surface area is 188 Å². The van der Waals surface area contributed by atoms with Crippen molar-refractivity contribution in [3.05, 3.63) is 71.8 Å². The molecule has 32 heavy (non-hydrogen) atoms. The molecule has 0 aliphatic carbocycles. The number of urea groups is 1. The van der Waals surface area contributed by atoms with Crippen molar-refractivity contribution in [2.75, 3.05) is 11.9 Å². The van der Waals surface area contributed by atoms with Crippen LogP contribution in [0, 0.1) is 6.92 Å². The van der Waals surface area contributed by atoms with Crippen LogP contribution >= 0.6 is 11.3 Å². The third kappa shape index (κ3) is 3.38. The maximum atomic E-state index is 13.2. The second-order valence-corrected chi connectivity index (χ2v) is 9.08. The first-order valence-corrected chi connectivity index (χ1v) is 11.0. The number of hydrogen-bond acceptors (Lipinski definition) is 5. The van der Waals surface area contributed by atoms with Gasteiger partial charge in [0.25, 0.3) is 5.91 Å². The molecule has 1 atom stereocenters. The van der Waals surface area contributed by atoms with E-state index in [1.807, 2.05) is 67.6 Å². The van der Waals surface area contributed by atoms with Crippen LogP contribution in [-0.4, -0.2) is 34.3 Å². The first-order valence-electron chi connectivity index (χ1n) is 10.1. The summed E-state index contributed by atoms with van der Waals surface area (Å²) in [5.74, 6) is -0.945. The molecular formula is C24H20N4O3S. The number of anilines is 1. The third-order valence-corrected chi connectivity index (χ3v) is 6.63. The molecule has 4 aromatic rings. The Balaban J connectivity index is 1.35. The molecule has 1 unspecified atom stereocenters. The van der Waals surface area contributed by atoms with Gasteiger partial charge in [-0.25, -0.2) is 9.78 Å². The summed E-state index contributed by atoms with van der Waals surface area (Å²) in [7, 11) is 0. The van der Waals surface area contributed by atoms with E-state index in [0.717, 1.165) is 31.5 Å². The highest BCUT2D eigenvalue weighted by Crippen LogP contribution is 2.31. The van der Waals surface area contributed by atoms with Gasteiger partial charge < -0.3 is 10.6 Å². The van der Waals surface area contributed by atoms with Crippen LogP contribution in [0.3, 0.4) is 0 Å². The van der Waals surface area contributed by atoms with E-state index >= 15 is 0 Å². The molecule has 8 heteroatoms. The molecule has 1 fully saturated rings. The third-order valence-electron chi connectivity index (χ3n) is 5.69. The summed E-state index contributed by atoms with van der Waals surface area (Å²) >= 11 is 1.35. The molecule has 160 valence electrons. The molecule has 5 rings (SSSR count). The first kappa shape index (κ1) is 20.1. The van der Waals surface area contributed by atoms with Crippen molar-refractivity contribution in [2.45, 2.75) is 19.4 Å². The number of imide groups is 1. The van der Waals surface area contributed by atoms with E-state index in [1.54, 1.807) is 6.92 Å². The molecule has 0 bridgehead atoms. The van der Waals surface area contributed by atoms with Gasteiger partial charge in [0.2, 0.25) is 5.91 Å². The van der Waals surface area contributed by atoms with Gasteiger partial charge in [0.1, 0.15) is 12.1 Å². The topological polar surface area (TPSA) is 91.4 Å². The number of carbonyl (C=O) groups is 3. The van der Waals surface area contributed by atoms with Crippen LogP contribution in [0.1, 0.15) is 18.1 Å². The summed E-state index contributed by atoms with van der Waals surface area (Å²) in [6.07, 6.45) is 0. The molecule has 1 aliphatic heterocycles. The lowest BCUT2D eigenvalue weighted by Gasteiger charge is -2.22. The number of rotatable bonds is 4. The molecular weight excluding hydrogens is 424 g/mol. The highest BCUT2D eigenvalue weighted by molar-refractivity contribution is 7.22. The van der Waals surface area contributed by atoms with Crippen molar-refractivity contribution < 1.29 is 14.4 Å². The van der Waals surface area contributed by atoms with E-state index < -0.39 is 23.4 Å². The molecule has 2 N–H and O–H groups in total. The van der Waals surface area contributed by atoms with Crippen LogP contribution in [0.4, 0.5) is 9.93 Å². The van der Waals surface area contributed by atoms with Crippen LogP contribution < -0.4 is 10.6 Å². The molecule has 0 spiro atoms. The van der Waals surface area contributed by atoms with E-state index in [-0.39, 0.29) is 6.54 Å². The SMILES string of the molecule is Cc1ccc2nc(NC(=O)CN3C(=O)NC(C)(c4ccc5ccccc5c4)C3=O)sc2c1. The van der Waals surface area contributed by atoms with Gasteiger partial charge in [-0.1, -0.05) is 53.8 Å². The van der Waals surface area contributed by atoms with Gasteiger partial charge in [0.15, 0.2) is 5.13 Å². The first-order chi connectivity index (χ1) is 15.3. The summed E-state index contributed by atoms with van der Waals surface area (Å²) < 4.78 is 0.958. The second-order valence-electron chi connectivity index (χ2n) is 8.05. The highest BCUT2D eigenvalue weighted by Gasteiger charge is 2.49. The molecule has 7 nitrogen and oxygen atoms in total. The zero-order chi connectivity index (χ0) is 22.5. The van der Waals surface area contributed by atoms with E-state index in [9.17, 15) is 14.4 Å². The second kappa shape index (κ2) is 7.42. The minimum Gasteiger partial charge on any atom is -0.319 e. The smallest absolute Gasteiger partial charge is 0.319 e. The lowest BCUT2D eigenvalue weighted by molar-refractivity contribution is -0.133. The summed E-state index contributed by atoms with van der Waals surface area (Å²) in [6, 6.07) is 18.7. The van der Waals surface area contributed by atoms with Crippen LogP contribution in [0.15, 0.2) is 60.7 Å². The van der Waals surface area contributed by atoms with E-state index in [0.29, 0.717) is 10.7 Å². The highest BCUT2D eigenvalue weighted by atomic mass is 32.1. The lowest BCUT2D eigenvalue weighted by Crippen LogP contribution is -2.42. The summed E-state index contributed by atoms with van der Waals surface area (Å²) in [5.41, 5.74) is 1.31. The van der Waals surface area contributed by atoms with Crippen LogP contribution in [0.5, 0.6) is 0 Å². The minimum atomic E-state index is -1.24. The fourth-order valence-electron chi connectivity index (χ4n) is 3.92. The Morgan fingerprint density at radius 2 is 1.88 bits per heavy atom. The molecule has 1 aromatic heterocycles. The number of nitrogens with zero attached hydrogens (tertiary/aromatic N) is 2. The van der Waals surface area contributed by atoms with Crippen molar-refractivity contribution in [2.24, 2.45) is 0 Å². The number of carbonyl (C=O) groups excluding carboxylic acids is 3. The number of benzene rings is 3. The minimum absolute atomic E-state index is 0.386. The molecule has 3 aromatic carbocycles. The number of fused-ring (bicyclic) bond motifs is 2. The molecule has 0 radical (unpaired) electrons. The summed E-state index contributed by atoms with van der Waals surface area (Å²) in [6.45, 7) is 3.26. The fraction of sp³-hybridized carbons (Fsp3) is 0.167. The van der Waals surface area contributed by atoms with Crippen molar-refractivity contribution in [3.63, 3.8) is 0 Å². The molecule has 0 saturated carbocycles. The van der Waals surface area contributed by atoms with Gasteiger partial charge in [-0.05, 0) is 53.9 Å². The van der Waals surface area contributed by atoms with Crippen molar-refractivity contribution in [1.82, 2.24) is 15.2 Å². The fourth-order valence-corrected chi connectivity index (χ4v) is 4.90. The Kier molecular flexibility index (Phi) is 4.67. The Bertz CT molecular complexity index is 1410. The Hall–Kier alpha value is -3.78. The predicted molar refractivity (Wildman–Crippen MR) is 125 cm³/mol.